The maximum Gasteiger partial charge on any atom is 0.194 e. The number of halogens is 1. The van der Waals surface area contributed by atoms with E-state index in [0.717, 1.165) is 55.8 Å². The number of hydrogen-bond donors (Lipinski definition) is 1. The average molecular weight is 458 g/mol. The molecule has 3 heterocycles. The number of rotatable bonds is 5. The maximum atomic E-state index is 5.43. The third-order valence-corrected chi connectivity index (χ3v) is 4.40. The van der Waals surface area contributed by atoms with Gasteiger partial charge in [0.25, 0.3) is 0 Å². The minimum Gasteiger partial charge on any atom is -0.467 e. The second-order valence-electron chi connectivity index (χ2n) is 6.31. The SMILES string of the molecule is CCNC(=NCC1CCc2nnc(C)n2C1)N(C)Cc1ccco1.I. The topological polar surface area (TPSA) is 71.5 Å². The molecule has 0 radical (unpaired) electrons. The van der Waals surface area contributed by atoms with Crippen molar-refractivity contribution >= 4 is 29.9 Å². The lowest BCUT2D eigenvalue weighted by atomic mass is 9.99. The second-order valence-corrected chi connectivity index (χ2v) is 6.31. The summed E-state index contributed by atoms with van der Waals surface area (Å²) in [5.41, 5.74) is 0. The summed E-state index contributed by atoms with van der Waals surface area (Å²) < 4.78 is 7.65. The van der Waals surface area contributed by atoms with Crippen LogP contribution in [0.3, 0.4) is 0 Å². The smallest absolute Gasteiger partial charge is 0.194 e. The fraction of sp³-hybridized carbons (Fsp3) is 0.588. The lowest BCUT2D eigenvalue weighted by molar-refractivity contribution is 0.363. The Bertz CT molecular complexity index is 681. The standard InChI is InChI=1S/C17H26N6O.HI/c1-4-18-17(22(3)12-15-6-5-9-24-15)19-10-14-7-8-16-21-20-13(2)23(16)11-14;/h5-6,9,14H,4,7-8,10-12H2,1-3H3,(H,18,19);1H. The van der Waals surface area contributed by atoms with Gasteiger partial charge in [-0.15, -0.1) is 34.2 Å². The van der Waals surface area contributed by atoms with Crippen molar-refractivity contribution in [2.45, 2.75) is 39.8 Å². The van der Waals surface area contributed by atoms with E-state index in [2.05, 4.69) is 31.9 Å². The second kappa shape index (κ2) is 9.21. The first-order chi connectivity index (χ1) is 11.7. The van der Waals surface area contributed by atoms with Gasteiger partial charge >= 0.3 is 0 Å². The Morgan fingerprint density at radius 3 is 3.04 bits per heavy atom. The Morgan fingerprint density at radius 2 is 2.32 bits per heavy atom. The maximum absolute atomic E-state index is 5.43. The molecule has 7 nitrogen and oxygen atoms in total. The highest BCUT2D eigenvalue weighted by atomic mass is 127. The third kappa shape index (κ3) is 4.96. The predicted octanol–water partition coefficient (Wildman–Crippen LogP) is 2.46. The molecule has 25 heavy (non-hydrogen) atoms. The Balaban J connectivity index is 0.00000225. The molecule has 0 aliphatic carbocycles. The van der Waals surface area contributed by atoms with E-state index >= 15 is 0 Å². The average Bonchev–Trinajstić information content (AvgIpc) is 3.21. The molecule has 0 amide bonds. The van der Waals surface area contributed by atoms with Gasteiger partial charge in [0, 0.05) is 33.1 Å². The van der Waals surface area contributed by atoms with Crippen LogP contribution in [-0.4, -0.2) is 45.8 Å². The van der Waals surface area contributed by atoms with Crippen LogP contribution in [0.15, 0.2) is 27.8 Å². The number of nitrogens with zero attached hydrogens (tertiary/aromatic N) is 5. The summed E-state index contributed by atoms with van der Waals surface area (Å²) in [5.74, 6) is 4.48. The van der Waals surface area contributed by atoms with Crippen LogP contribution >= 0.6 is 24.0 Å². The molecule has 8 heteroatoms. The predicted molar refractivity (Wildman–Crippen MR) is 108 cm³/mol. The van der Waals surface area contributed by atoms with Gasteiger partial charge in [-0.3, -0.25) is 4.99 Å². The van der Waals surface area contributed by atoms with Crippen LogP contribution in [0.5, 0.6) is 0 Å². The number of aliphatic imine (C=N–C) groups is 1. The van der Waals surface area contributed by atoms with Crippen LogP contribution in [0.4, 0.5) is 0 Å². The molecule has 0 saturated heterocycles. The van der Waals surface area contributed by atoms with Crippen LogP contribution in [0, 0.1) is 12.8 Å². The quantitative estimate of drug-likeness (QED) is 0.424. The van der Waals surface area contributed by atoms with Crippen molar-refractivity contribution in [3.8, 4) is 0 Å². The van der Waals surface area contributed by atoms with Gasteiger partial charge in [-0.25, -0.2) is 0 Å². The molecule has 1 N–H and O–H groups in total. The van der Waals surface area contributed by atoms with Crippen molar-refractivity contribution in [3.63, 3.8) is 0 Å². The van der Waals surface area contributed by atoms with Crippen molar-refractivity contribution < 1.29 is 4.42 Å². The first kappa shape index (κ1) is 19.7. The van der Waals surface area contributed by atoms with Gasteiger partial charge in [0.1, 0.15) is 17.4 Å². The Morgan fingerprint density at radius 1 is 1.48 bits per heavy atom. The zero-order valence-corrected chi connectivity index (χ0v) is 17.4. The molecule has 3 rings (SSSR count). The summed E-state index contributed by atoms with van der Waals surface area (Å²) in [6, 6.07) is 3.89. The first-order valence-electron chi connectivity index (χ1n) is 8.58. The minimum atomic E-state index is 0. The van der Waals surface area contributed by atoms with E-state index in [-0.39, 0.29) is 24.0 Å². The van der Waals surface area contributed by atoms with E-state index in [1.165, 1.54) is 0 Å². The van der Waals surface area contributed by atoms with E-state index in [1.54, 1.807) is 6.26 Å². The van der Waals surface area contributed by atoms with Crippen LogP contribution in [0.2, 0.25) is 0 Å². The summed E-state index contributed by atoms with van der Waals surface area (Å²) in [6.07, 6.45) is 3.80. The number of aryl methyl sites for hydroxylation is 2. The molecular weight excluding hydrogens is 431 g/mol. The van der Waals surface area contributed by atoms with E-state index < -0.39 is 0 Å². The highest BCUT2D eigenvalue weighted by Gasteiger charge is 2.21. The van der Waals surface area contributed by atoms with Gasteiger partial charge in [-0.05, 0) is 38.3 Å². The van der Waals surface area contributed by atoms with Crippen molar-refractivity contribution in [3.05, 3.63) is 35.8 Å². The van der Waals surface area contributed by atoms with Crippen LogP contribution in [0.1, 0.15) is 30.8 Å². The number of fused-ring (bicyclic) bond motifs is 1. The van der Waals surface area contributed by atoms with Crippen LogP contribution < -0.4 is 5.32 Å². The number of aromatic nitrogens is 3. The fourth-order valence-corrected chi connectivity index (χ4v) is 3.08. The molecule has 0 bridgehead atoms. The van der Waals surface area contributed by atoms with Crippen LogP contribution in [-0.2, 0) is 19.5 Å². The van der Waals surface area contributed by atoms with Crippen molar-refractivity contribution in [2.75, 3.05) is 20.1 Å². The molecule has 1 aliphatic heterocycles. The summed E-state index contributed by atoms with van der Waals surface area (Å²) >= 11 is 0. The lowest BCUT2D eigenvalue weighted by Crippen LogP contribution is -2.39. The normalized spacial score (nSPS) is 16.9. The monoisotopic (exact) mass is 458 g/mol. The number of hydrogen-bond acceptors (Lipinski definition) is 4. The summed E-state index contributed by atoms with van der Waals surface area (Å²) in [4.78, 5) is 6.94. The summed E-state index contributed by atoms with van der Waals surface area (Å²) in [5, 5.41) is 11.8. The summed E-state index contributed by atoms with van der Waals surface area (Å²) in [6.45, 7) is 7.42. The van der Waals surface area contributed by atoms with Gasteiger partial charge in [-0.2, -0.15) is 0 Å². The van der Waals surface area contributed by atoms with E-state index in [1.807, 2.05) is 26.1 Å². The van der Waals surface area contributed by atoms with Crippen molar-refractivity contribution in [1.82, 2.24) is 25.0 Å². The summed E-state index contributed by atoms with van der Waals surface area (Å²) in [7, 11) is 2.03. The lowest BCUT2D eigenvalue weighted by Gasteiger charge is -2.25. The molecule has 1 aliphatic rings. The fourth-order valence-electron chi connectivity index (χ4n) is 3.08. The highest BCUT2D eigenvalue weighted by Crippen LogP contribution is 2.20. The Labute approximate surface area is 165 Å². The third-order valence-electron chi connectivity index (χ3n) is 4.40. The largest absolute Gasteiger partial charge is 0.467 e. The molecule has 1 unspecified atom stereocenters. The zero-order chi connectivity index (χ0) is 16.9. The van der Waals surface area contributed by atoms with Crippen molar-refractivity contribution in [2.24, 2.45) is 10.9 Å². The first-order valence-corrected chi connectivity index (χ1v) is 8.58. The van der Waals surface area contributed by atoms with Gasteiger partial charge in [0.2, 0.25) is 0 Å². The minimum absolute atomic E-state index is 0. The molecule has 2 aromatic heterocycles. The Hall–Kier alpha value is -1.58. The van der Waals surface area contributed by atoms with Gasteiger partial charge in [-0.1, -0.05) is 0 Å². The van der Waals surface area contributed by atoms with Gasteiger partial charge < -0.3 is 19.2 Å². The Kier molecular flexibility index (Phi) is 7.27. The molecule has 0 aromatic carbocycles. The van der Waals surface area contributed by atoms with E-state index in [4.69, 9.17) is 9.41 Å². The molecule has 2 aromatic rings. The molecular formula is C17H27IN6O. The number of furan rings is 1. The molecule has 1 atom stereocenters. The molecule has 0 fully saturated rings. The van der Waals surface area contributed by atoms with Gasteiger partial charge in [0.15, 0.2) is 5.96 Å². The van der Waals surface area contributed by atoms with Gasteiger partial charge in [0.05, 0.1) is 12.8 Å². The van der Waals surface area contributed by atoms with E-state index in [9.17, 15) is 0 Å². The molecule has 0 spiro atoms. The molecule has 138 valence electrons. The zero-order valence-electron chi connectivity index (χ0n) is 15.1. The van der Waals surface area contributed by atoms with Crippen LogP contribution in [0.25, 0.3) is 0 Å². The van der Waals surface area contributed by atoms with Crippen molar-refractivity contribution in [1.29, 1.82) is 0 Å². The number of guanidine groups is 1. The highest BCUT2D eigenvalue weighted by molar-refractivity contribution is 14.0. The number of nitrogens with one attached hydrogen (secondary N) is 1. The van der Waals surface area contributed by atoms with E-state index in [0.29, 0.717) is 12.5 Å². The molecule has 0 saturated carbocycles.